The molecule has 0 amide bonds. The molecule has 0 fully saturated rings. The van der Waals surface area contributed by atoms with Gasteiger partial charge in [-0.25, -0.2) is 0 Å². The fraction of sp³-hybridized carbons (Fsp3) is 0.250. The van der Waals surface area contributed by atoms with Crippen LogP contribution in [0.4, 0.5) is 0 Å². The van der Waals surface area contributed by atoms with Gasteiger partial charge in [-0.15, -0.1) is 0 Å². The number of alkyl halides is 2. The third-order valence-corrected chi connectivity index (χ3v) is 2.51. The first-order valence-electron chi connectivity index (χ1n) is 3.37. The highest BCUT2D eigenvalue weighted by atomic mass is 79.9. The first kappa shape index (κ1) is 9.86. The van der Waals surface area contributed by atoms with E-state index in [1.54, 1.807) is 12.1 Å². The zero-order valence-electron chi connectivity index (χ0n) is 6.26. The molecule has 1 rings (SSSR count). The number of aldehydes is 1. The van der Waals surface area contributed by atoms with Crippen molar-refractivity contribution in [3.05, 3.63) is 29.1 Å². The fourth-order valence-electron chi connectivity index (χ4n) is 0.880. The Morgan fingerprint density at radius 1 is 1.25 bits per heavy atom. The summed E-state index contributed by atoms with van der Waals surface area (Å²) in [4.78, 5) is 14.8. The minimum absolute atomic E-state index is 0.675. The monoisotopic (exact) mass is 291 g/mol. The molecular weight excluding hydrogens is 286 g/mol. The molecule has 0 spiro atoms. The topological polar surface area (TPSA) is 30.0 Å². The number of rotatable bonds is 3. The molecule has 0 aliphatic heterocycles. The molecule has 1 heterocycles. The molecule has 0 aliphatic rings. The number of aromatic nitrogens is 1. The van der Waals surface area contributed by atoms with Crippen molar-refractivity contribution in [1.82, 2.24) is 4.98 Å². The van der Waals surface area contributed by atoms with E-state index in [0.717, 1.165) is 17.7 Å². The molecule has 1 aromatic heterocycles. The highest BCUT2D eigenvalue weighted by Crippen LogP contribution is 2.10. The number of hydrogen-bond acceptors (Lipinski definition) is 2. The maximum atomic E-state index is 10.5. The van der Waals surface area contributed by atoms with E-state index in [9.17, 15) is 4.79 Å². The maximum Gasteiger partial charge on any atom is 0.150 e. The molecule has 4 heteroatoms. The standard InChI is InChI=1S/C8H7Br2NO/c9-3-7-1-6(5-12)2-8(4-10)11-7/h1-2,5H,3-4H2. The lowest BCUT2D eigenvalue weighted by Crippen LogP contribution is -1.94. The van der Waals surface area contributed by atoms with Crippen LogP contribution < -0.4 is 0 Å². The molecule has 2 nitrogen and oxygen atoms in total. The molecule has 0 radical (unpaired) electrons. The SMILES string of the molecule is O=Cc1cc(CBr)nc(CBr)c1. The van der Waals surface area contributed by atoms with E-state index in [2.05, 4.69) is 36.8 Å². The summed E-state index contributed by atoms with van der Waals surface area (Å²) in [7, 11) is 0. The minimum Gasteiger partial charge on any atom is -0.298 e. The summed E-state index contributed by atoms with van der Waals surface area (Å²) in [6.45, 7) is 0. The lowest BCUT2D eigenvalue weighted by molar-refractivity contribution is 0.112. The van der Waals surface area contributed by atoms with Crippen LogP contribution in [0.15, 0.2) is 12.1 Å². The fourth-order valence-corrected chi connectivity index (χ4v) is 1.45. The van der Waals surface area contributed by atoms with E-state index in [0.29, 0.717) is 16.2 Å². The van der Waals surface area contributed by atoms with Crippen LogP contribution in [0.2, 0.25) is 0 Å². The van der Waals surface area contributed by atoms with Gasteiger partial charge in [-0.2, -0.15) is 0 Å². The van der Waals surface area contributed by atoms with Crippen molar-refractivity contribution in [1.29, 1.82) is 0 Å². The van der Waals surface area contributed by atoms with Gasteiger partial charge in [0.05, 0.1) is 11.4 Å². The number of hydrogen-bond donors (Lipinski definition) is 0. The summed E-state index contributed by atoms with van der Waals surface area (Å²) in [6.07, 6.45) is 0.833. The highest BCUT2D eigenvalue weighted by molar-refractivity contribution is 9.08. The zero-order valence-corrected chi connectivity index (χ0v) is 9.43. The van der Waals surface area contributed by atoms with Gasteiger partial charge >= 0.3 is 0 Å². The lowest BCUT2D eigenvalue weighted by Gasteiger charge is -2.00. The van der Waals surface area contributed by atoms with Crippen LogP contribution in [0.5, 0.6) is 0 Å². The molecule has 0 saturated heterocycles. The largest absolute Gasteiger partial charge is 0.298 e. The molecule has 0 bridgehead atoms. The average molecular weight is 293 g/mol. The number of carbonyl (C=O) groups excluding carboxylic acids is 1. The molecule has 1 aromatic rings. The van der Waals surface area contributed by atoms with Crippen LogP contribution in [-0.2, 0) is 10.7 Å². The molecule has 0 saturated carbocycles. The van der Waals surface area contributed by atoms with Crippen LogP contribution in [-0.4, -0.2) is 11.3 Å². The van der Waals surface area contributed by atoms with Crippen molar-refractivity contribution in [2.75, 3.05) is 0 Å². The third kappa shape index (κ3) is 2.38. The van der Waals surface area contributed by atoms with Crippen LogP contribution in [0, 0.1) is 0 Å². The van der Waals surface area contributed by atoms with Crippen molar-refractivity contribution < 1.29 is 4.79 Å². The summed E-state index contributed by atoms with van der Waals surface area (Å²) in [5, 5.41) is 1.35. The third-order valence-electron chi connectivity index (χ3n) is 1.36. The predicted octanol–water partition coefficient (Wildman–Crippen LogP) is 2.68. The van der Waals surface area contributed by atoms with E-state index in [1.807, 2.05) is 0 Å². The predicted molar refractivity (Wildman–Crippen MR) is 54.9 cm³/mol. The first-order valence-corrected chi connectivity index (χ1v) is 5.61. The van der Waals surface area contributed by atoms with Gasteiger partial charge in [0.15, 0.2) is 0 Å². The zero-order chi connectivity index (χ0) is 8.97. The minimum atomic E-state index is 0.675. The van der Waals surface area contributed by atoms with Gasteiger partial charge in [-0.05, 0) is 12.1 Å². The van der Waals surface area contributed by atoms with Crippen LogP contribution in [0.3, 0.4) is 0 Å². The number of pyridine rings is 1. The summed E-state index contributed by atoms with van der Waals surface area (Å²) >= 11 is 6.58. The van der Waals surface area contributed by atoms with Crippen molar-refractivity contribution in [3.8, 4) is 0 Å². The maximum absolute atomic E-state index is 10.5. The molecule has 0 aromatic carbocycles. The Morgan fingerprint density at radius 2 is 1.75 bits per heavy atom. The Morgan fingerprint density at radius 3 is 2.08 bits per heavy atom. The van der Waals surface area contributed by atoms with Gasteiger partial charge in [-0.1, -0.05) is 31.9 Å². The first-order chi connectivity index (χ1) is 5.80. The van der Waals surface area contributed by atoms with Crippen molar-refractivity contribution >= 4 is 38.1 Å². The van der Waals surface area contributed by atoms with E-state index in [1.165, 1.54) is 0 Å². The molecule has 64 valence electrons. The average Bonchev–Trinajstić information content (AvgIpc) is 2.16. The Hall–Kier alpha value is -0.220. The van der Waals surface area contributed by atoms with Gasteiger partial charge in [-0.3, -0.25) is 9.78 Å². The lowest BCUT2D eigenvalue weighted by atomic mass is 10.2. The van der Waals surface area contributed by atoms with Crippen LogP contribution in [0.25, 0.3) is 0 Å². The second-order valence-electron chi connectivity index (χ2n) is 2.27. The number of nitrogens with zero attached hydrogens (tertiary/aromatic N) is 1. The van der Waals surface area contributed by atoms with Gasteiger partial charge in [0.2, 0.25) is 0 Å². The second-order valence-corrected chi connectivity index (χ2v) is 3.39. The van der Waals surface area contributed by atoms with E-state index in [-0.39, 0.29) is 0 Å². The Kier molecular flexibility index (Phi) is 3.88. The Labute approximate surface area is 87.6 Å². The quantitative estimate of drug-likeness (QED) is 0.633. The van der Waals surface area contributed by atoms with Crippen LogP contribution in [0.1, 0.15) is 21.7 Å². The van der Waals surface area contributed by atoms with E-state index in [4.69, 9.17) is 0 Å². The molecule has 0 atom stereocenters. The summed E-state index contributed by atoms with van der Waals surface area (Å²) in [6, 6.07) is 3.54. The molecule has 0 N–H and O–H groups in total. The second kappa shape index (κ2) is 4.72. The molecular formula is C8H7Br2NO. The Balaban J connectivity index is 3.09. The van der Waals surface area contributed by atoms with Gasteiger partial charge in [0.1, 0.15) is 6.29 Å². The summed E-state index contributed by atoms with van der Waals surface area (Å²) < 4.78 is 0. The number of halogens is 2. The smallest absolute Gasteiger partial charge is 0.150 e. The normalized spacial score (nSPS) is 9.83. The van der Waals surface area contributed by atoms with Gasteiger partial charge in [0.25, 0.3) is 0 Å². The number of carbonyl (C=O) groups is 1. The van der Waals surface area contributed by atoms with E-state index < -0.39 is 0 Å². The highest BCUT2D eigenvalue weighted by Gasteiger charge is 1.99. The summed E-state index contributed by atoms with van der Waals surface area (Å²) in [5.74, 6) is 0. The van der Waals surface area contributed by atoms with Crippen molar-refractivity contribution in [2.24, 2.45) is 0 Å². The molecule has 12 heavy (non-hydrogen) atoms. The van der Waals surface area contributed by atoms with Gasteiger partial charge < -0.3 is 0 Å². The molecule has 0 aliphatic carbocycles. The van der Waals surface area contributed by atoms with E-state index >= 15 is 0 Å². The summed E-state index contributed by atoms with van der Waals surface area (Å²) in [5.41, 5.74) is 2.44. The van der Waals surface area contributed by atoms with Crippen molar-refractivity contribution in [3.63, 3.8) is 0 Å². The van der Waals surface area contributed by atoms with Crippen molar-refractivity contribution in [2.45, 2.75) is 10.7 Å². The van der Waals surface area contributed by atoms with Crippen LogP contribution >= 0.6 is 31.9 Å². The molecule has 0 unspecified atom stereocenters. The Bertz CT molecular complexity index is 266. The van der Waals surface area contributed by atoms with Gasteiger partial charge in [0, 0.05) is 16.2 Å².